The first-order valence-electron chi connectivity index (χ1n) is 11.1. The predicted octanol–water partition coefficient (Wildman–Crippen LogP) is 8.51. The standard InChI is InChI=1S/C31H26/c1-4-10-24(11-5-1)22-25-16-18-28(19-17-25)30-21-20-29(26-12-6-2-7-13-26)23-31(30)27-14-8-3-9-15-27/h1-4,6-10,12-21,23H,5,11,22H2. The van der Waals surface area contributed by atoms with Crippen LogP contribution in [0.2, 0.25) is 0 Å². The van der Waals surface area contributed by atoms with Crippen LogP contribution in [0.15, 0.2) is 127 Å². The Kier molecular flexibility index (Phi) is 5.62. The van der Waals surface area contributed by atoms with Gasteiger partial charge in [0.1, 0.15) is 0 Å². The zero-order valence-electron chi connectivity index (χ0n) is 17.7. The molecule has 0 fully saturated rings. The normalized spacial score (nSPS) is 13.1. The average molecular weight is 399 g/mol. The van der Waals surface area contributed by atoms with Gasteiger partial charge in [0.05, 0.1) is 0 Å². The van der Waals surface area contributed by atoms with Crippen LogP contribution in [0.3, 0.4) is 0 Å². The number of rotatable bonds is 5. The Morgan fingerprint density at radius 1 is 0.548 bits per heavy atom. The van der Waals surface area contributed by atoms with Gasteiger partial charge in [-0.15, -0.1) is 0 Å². The van der Waals surface area contributed by atoms with Gasteiger partial charge in [-0.1, -0.05) is 121 Å². The SMILES string of the molecule is C1=CCCC(Cc2ccc(-c3ccc(-c4ccccc4)cc3-c3ccccc3)cc2)=C1. The molecule has 0 N–H and O–H groups in total. The zero-order chi connectivity index (χ0) is 20.9. The van der Waals surface area contributed by atoms with E-state index in [0.29, 0.717) is 0 Å². The minimum Gasteiger partial charge on any atom is -0.0842 e. The molecule has 0 bridgehead atoms. The molecule has 0 amide bonds. The summed E-state index contributed by atoms with van der Waals surface area (Å²) in [7, 11) is 0. The Morgan fingerprint density at radius 2 is 1.19 bits per heavy atom. The third kappa shape index (κ3) is 4.44. The van der Waals surface area contributed by atoms with Gasteiger partial charge < -0.3 is 0 Å². The lowest BCUT2D eigenvalue weighted by atomic mass is 9.90. The first-order valence-corrected chi connectivity index (χ1v) is 11.1. The fourth-order valence-electron chi connectivity index (χ4n) is 4.33. The maximum Gasteiger partial charge on any atom is -0.00639 e. The predicted molar refractivity (Wildman–Crippen MR) is 133 cm³/mol. The summed E-state index contributed by atoms with van der Waals surface area (Å²) in [5, 5.41) is 0. The number of allylic oxidation sites excluding steroid dienone is 4. The molecular weight excluding hydrogens is 372 g/mol. The van der Waals surface area contributed by atoms with E-state index in [0.717, 1.165) is 12.8 Å². The molecule has 4 aromatic rings. The monoisotopic (exact) mass is 398 g/mol. The first-order chi connectivity index (χ1) is 15.4. The summed E-state index contributed by atoms with van der Waals surface area (Å²) in [6, 6.07) is 37.3. The highest BCUT2D eigenvalue weighted by Crippen LogP contribution is 2.36. The lowest BCUT2D eigenvalue weighted by Gasteiger charge is -2.14. The molecule has 150 valence electrons. The van der Waals surface area contributed by atoms with Crippen LogP contribution >= 0.6 is 0 Å². The molecule has 0 atom stereocenters. The van der Waals surface area contributed by atoms with E-state index in [-0.39, 0.29) is 0 Å². The van der Waals surface area contributed by atoms with Crippen LogP contribution in [0.25, 0.3) is 33.4 Å². The molecule has 31 heavy (non-hydrogen) atoms. The van der Waals surface area contributed by atoms with Crippen molar-refractivity contribution in [1.82, 2.24) is 0 Å². The molecule has 0 aliphatic heterocycles. The highest BCUT2D eigenvalue weighted by atomic mass is 14.1. The smallest absolute Gasteiger partial charge is 0.00639 e. The van der Waals surface area contributed by atoms with Gasteiger partial charge in [-0.25, -0.2) is 0 Å². The van der Waals surface area contributed by atoms with Crippen molar-refractivity contribution in [3.8, 4) is 33.4 Å². The largest absolute Gasteiger partial charge is 0.0842 e. The van der Waals surface area contributed by atoms with Crippen molar-refractivity contribution in [2.45, 2.75) is 19.3 Å². The molecule has 0 unspecified atom stereocenters. The molecule has 0 aromatic heterocycles. The molecule has 0 heteroatoms. The summed E-state index contributed by atoms with van der Waals surface area (Å²) in [4.78, 5) is 0. The van der Waals surface area contributed by atoms with Crippen molar-refractivity contribution in [2.24, 2.45) is 0 Å². The zero-order valence-corrected chi connectivity index (χ0v) is 17.7. The molecule has 5 rings (SSSR count). The fourth-order valence-corrected chi connectivity index (χ4v) is 4.33. The Morgan fingerprint density at radius 3 is 1.87 bits per heavy atom. The summed E-state index contributed by atoms with van der Waals surface area (Å²) >= 11 is 0. The number of hydrogen-bond acceptors (Lipinski definition) is 0. The maximum atomic E-state index is 2.33. The Hall–Kier alpha value is -3.64. The van der Waals surface area contributed by atoms with Crippen LogP contribution in [-0.2, 0) is 6.42 Å². The van der Waals surface area contributed by atoms with Crippen LogP contribution in [0.4, 0.5) is 0 Å². The molecule has 4 aromatic carbocycles. The topological polar surface area (TPSA) is 0 Å². The molecule has 0 saturated heterocycles. The van der Waals surface area contributed by atoms with Crippen LogP contribution in [0.1, 0.15) is 18.4 Å². The quantitative estimate of drug-likeness (QED) is 0.316. The molecule has 0 nitrogen and oxygen atoms in total. The summed E-state index contributed by atoms with van der Waals surface area (Å²) in [6.07, 6.45) is 10.1. The van der Waals surface area contributed by atoms with Crippen molar-refractivity contribution >= 4 is 0 Å². The lowest BCUT2D eigenvalue weighted by molar-refractivity contribution is 0.911. The van der Waals surface area contributed by atoms with Crippen molar-refractivity contribution in [3.63, 3.8) is 0 Å². The minimum absolute atomic E-state index is 1.04. The summed E-state index contributed by atoms with van der Waals surface area (Å²) in [6.45, 7) is 0. The van der Waals surface area contributed by atoms with Gasteiger partial charge in [-0.05, 0) is 64.3 Å². The Balaban J connectivity index is 1.52. The van der Waals surface area contributed by atoms with Gasteiger partial charge >= 0.3 is 0 Å². The Bertz CT molecular complexity index is 1210. The van der Waals surface area contributed by atoms with Crippen molar-refractivity contribution in [2.75, 3.05) is 0 Å². The highest BCUT2D eigenvalue weighted by Gasteiger charge is 2.10. The van der Waals surface area contributed by atoms with E-state index in [9.17, 15) is 0 Å². The molecular formula is C31H26. The van der Waals surface area contributed by atoms with Crippen LogP contribution in [0, 0.1) is 0 Å². The van der Waals surface area contributed by atoms with E-state index >= 15 is 0 Å². The van der Waals surface area contributed by atoms with Crippen LogP contribution in [-0.4, -0.2) is 0 Å². The van der Waals surface area contributed by atoms with Crippen LogP contribution in [0.5, 0.6) is 0 Å². The molecule has 0 spiro atoms. The summed E-state index contributed by atoms with van der Waals surface area (Å²) < 4.78 is 0. The van der Waals surface area contributed by atoms with E-state index in [1.54, 1.807) is 0 Å². The van der Waals surface area contributed by atoms with Crippen molar-refractivity contribution in [3.05, 3.63) is 132 Å². The third-order valence-electron chi connectivity index (χ3n) is 6.01. The Labute approximate surface area is 185 Å². The molecule has 0 saturated carbocycles. The van der Waals surface area contributed by atoms with Gasteiger partial charge in [-0.3, -0.25) is 0 Å². The molecule has 0 radical (unpaired) electrons. The van der Waals surface area contributed by atoms with Gasteiger partial charge in [0.15, 0.2) is 0 Å². The molecule has 1 aliphatic carbocycles. The second-order valence-corrected chi connectivity index (χ2v) is 8.16. The number of benzene rings is 4. The molecule has 1 aliphatic rings. The van der Waals surface area contributed by atoms with Crippen molar-refractivity contribution in [1.29, 1.82) is 0 Å². The maximum absolute atomic E-state index is 2.33. The van der Waals surface area contributed by atoms with Gasteiger partial charge in [0.25, 0.3) is 0 Å². The van der Waals surface area contributed by atoms with Crippen molar-refractivity contribution < 1.29 is 0 Å². The van der Waals surface area contributed by atoms with E-state index in [1.807, 2.05) is 0 Å². The van der Waals surface area contributed by atoms with Crippen LogP contribution < -0.4 is 0 Å². The lowest BCUT2D eigenvalue weighted by Crippen LogP contribution is -1.93. The number of hydrogen-bond donors (Lipinski definition) is 0. The first kappa shape index (κ1) is 19.3. The fraction of sp³-hybridized carbons (Fsp3) is 0.0968. The highest BCUT2D eigenvalue weighted by molar-refractivity contribution is 5.87. The summed E-state index contributed by atoms with van der Waals surface area (Å²) in [5.41, 5.74) is 10.5. The second kappa shape index (κ2) is 9.02. The average Bonchev–Trinajstić information content (AvgIpc) is 2.86. The van der Waals surface area contributed by atoms with E-state index in [2.05, 4.69) is 121 Å². The molecule has 0 heterocycles. The van der Waals surface area contributed by atoms with E-state index < -0.39 is 0 Å². The van der Waals surface area contributed by atoms with Gasteiger partial charge in [0.2, 0.25) is 0 Å². The van der Waals surface area contributed by atoms with Gasteiger partial charge in [0, 0.05) is 0 Å². The minimum atomic E-state index is 1.04. The third-order valence-corrected chi connectivity index (χ3v) is 6.01. The summed E-state index contributed by atoms with van der Waals surface area (Å²) in [5.74, 6) is 0. The van der Waals surface area contributed by atoms with E-state index in [4.69, 9.17) is 0 Å². The second-order valence-electron chi connectivity index (χ2n) is 8.16. The van der Waals surface area contributed by atoms with Gasteiger partial charge in [-0.2, -0.15) is 0 Å². The van der Waals surface area contributed by atoms with E-state index in [1.165, 1.54) is 50.9 Å².